The van der Waals surface area contributed by atoms with E-state index in [2.05, 4.69) is 5.32 Å². The maximum absolute atomic E-state index is 15.9. The van der Waals surface area contributed by atoms with Crippen LogP contribution in [0, 0.1) is 11.6 Å². The smallest absolute Gasteiger partial charge is 0.173 e. The van der Waals surface area contributed by atoms with E-state index >= 15 is 8.78 Å². The van der Waals surface area contributed by atoms with Crippen LogP contribution >= 0.6 is 11.6 Å². The Balaban J connectivity index is 1.75. The number of para-hydroxylation sites is 1. The van der Waals surface area contributed by atoms with E-state index in [9.17, 15) is 4.79 Å². The molecule has 0 spiro atoms. The van der Waals surface area contributed by atoms with Crippen LogP contribution in [0.5, 0.6) is 17.2 Å². The average Bonchev–Trinajstić information content (AvgIpc) is 2.96. The molecule has 0 amide bonds. The van der Waals surface area contributed by atoms with Gasteiger partial charge in [-0.25, -0.2) is 8.78 Å². The molecule has 0 aliphatic rings. The fourth-order valence-electron chi connectivity index (χ4n) is 4.32. The van der Waals surface area contributed by atoms with E-state index in [1.807, 2.05) is 43.3 Å². The molecule has 4 rings (SSSR count). The minimum Gasteiger partial charge on any atom is -0.491 e. The Bertz CT molecular complexity index is 1400. The van der Waals surface area contributed by atoms with Crippen molar-refractivity contribution >= 4 is 17.9 Å². The molecule has 0 heterocycles. The van der Waals surface area contributed by atoms with Gasteiger partial charge in [0.2, 0.25) is 0 Å². The maximum atomic E-state index is 15.9. The van der Waals surface area contributed by atoms with Gasteiger partial charge in [-0.1, -0.05) is 67.1 Å². The predicted molar refractivity (Wildman–Crippen MR) is 151 cm³/mol. The molecule has 4 aromatic rings. The van der Waals surface area contributed by atoms with Crippen LogP contribution in [-0.4, -0.2) is 19.4 Å². The van der Waals surface area contributed by atoms with Gasteiger partial charge in [0.1, 0.15) is 17.3 Å². The van der Waals surface area contributed by atoms with Gasteiger partial charge < -0.3 is 14.8 Å². The van der Waals surface area contributed by atoms with Crippen LogP contribution in [0.2, 0.25) is 5.02 Å². The summed E-state index contributed by atoms with van der Waals surface area (Å²) < 4.78 is 42.8. The van der Waals surface area contributed by atoms with Crippen molar-refractivity contribution in [2.24, 2.45) is 0 Å². The highest BCUT2D eigenvalue weighted by atomic mass is 35.5. The fraction of sp³-hybridized carbons (Fsp3) is 0.219. The number of hydrogen-bond acceptors (Lipinski definition) is 4. The lowest BCUT2D eigenvalue weighted by Crippen LogP contribution is -2.15. The number of benzene rings is 4. The first-order chi connectivity index (χ1) is 19.0. The third-order valence-electron chi connectivity index (χ3n) is 6.19. The van der Waals surface area contributed by atoms with Gasteiger partial charge >= 0.3 is 0 Å². The lowest BCUT2D eigenvalue weighted by Gasteiger charge is -2.20. The van der Waals surface area contributed by atoms with Gasteiger partial charge in [0, 0.05) is 34.9 Å². The first-order valence-corrected chi connectivity index (χ1v) is 13.3. The maximum Gasteiger partial charge on any atom is 0.173 e. The fourth-order valence-corrected chi connectivity index (χ4v) is 4.59. The molecule has 0 aliphatic heterocycles. The standard InChI is InChI=1S/C32H30ClF2NO3/c1-2-18-38-27-16-15-23(21-37)29(32(27)35)30-25(14-9-17-36-20-22-10-5-3-6-11-22)28(19-26(34)31(30)33)39-24-12-7-4-8-13-24/h3-8,10-13,15-16,19,21,36H,2,9,14,17-18,20H2,1H3. The number of rotatable bonds is 13. The van der Waals surface area contributed by atoms with Crippen LogP contribution < -0.4 is 14.8 Å². The van der Waals surface area contributed by atoms with Crippen LogP contribution in [0.3, 0.4) is 0 Å². The Morgan fingerprint density at radius 2 is 1.64 bits per heavy atom. The molecule has 0 saturated carbocycles. The SMILES string of the molecule is CCCOc1ccc(C=O)c(-c2c(Cl)c(F)cc(Oc3ccccc3)c2CCCNCc2ccccc2)c1F. The van der Waals surface area contributed by atoms with Gasteiger partial charge in [0.25, 0.3) is 0 Å². The summed E-state index contributed by atoms with van der Waals surface area (Å²) in [5.74, 6) is -0.879. The largest absolute Gasteiger partial charge is 0.491 e. The van der Waals surface area contributed by atoms with Crippen LogP contribution in [0.4, 0.5) is 8.78 Å². The van der Waals surface area contributed by atoms with Gasteiger partial charge in [0.05, 0.1) is 11.6 Å². The van der Waals surface area contributed by atoms with E-state index in [1.165, 1.54) is 18.2 Å². The van der Waals surface area contributed by atoms with Crippen molar-refractivity contribution in [3.05, 3.63) is 112 Å². The first-order valence-electron chi connectivity index (χ1n) is 12.9. The van der Waals surface area contributed by atoms with Crippen LogP contribution in [0.1, 0.15) is 41.3 Å². The van der Waals surface area contributed by atoms with Crippen molar-refractivity contribution in [1.29, 1.82) is 0 Å². The molecule has 0 saturated heterocycles. The molecular weight excluding hydrogens is 520 g/mol. The summed E-state index contributed by atoms with van der Waals surface area (Å²) in [6.45, 7) is 3.51. The number of halogens is 3. The Morgan fingerprint density at radius 3 is 2.33 bits per heavy atom. The normalized spacial score (nSPS) is 10.9. The Morgan fingerprint density at radius 1 is 0.923 bits per heavy atom. The molecule has 0 bridgehead atoms. The van der Waals surface area contributed by atoms with Gasteiger partial charge in [-0.2, -0.15) is 0 Å². The molecule has 7 heteroatoms. The second-order valence-electron chi connectivity index (χ2n) is 9.01. The minimum atomic E-state index is -0.778. The number of carbonyl (C=O) groups is 1. The summed E-state index contributed by atoms with van der Waals surface area (Å²) in [5, 5.41) is 3.11. The van der Waals surface area contributed by atoms with Gasteiger partial charge in [0.15, 0.2) is 17.9 Å². The predicted octanol–water partition coefficient (Wildman–Crippen LogP) is 8.40. The van der Waals surface area contributed by atoms with E-state index in [1.54, 1.807) is 24.3 Å². The van der Waals surface area contributed by atoms with Crippen molar-refractivity contribution in [3.8, 4) is 28.4 Å². The van der Waals surface area contributed by atoms with Crippen molar-refractivity contribution in [2.75, 3.05) is 13.2 Å². The summed E-state index contributed by atoms with van der Waals surface area (Å²) in [6, 6.07) is 23.0. The van der Waals surface area contributed by atoms with Gasteiger partial charge in [-0.3, -0.25) is 4.79 Å². The van der Waals surface area contributed by atoms with Crippen LogP contribution in [0.15, 0.2) is 78.9 Å². The van der Waals surface area contributed by atoms with Gasteiger partial charge in [-0.05, 0) is 55.6 Å². The Hall–Kier alpha value is -3.74. The summed E-state index contributed by atoms with van der Waals surface area (Å²) in [7, 11) is 0. The number of nitrogens with one attached hydrogen (secondary N) is 1. The number of ether oxygens (including phenoxy) is 2. The molecule has 0 unspecified atom stereocenters. The second-order valence-corrected chi connectivity index (χ2v) is 9.39. The van der Waals surface area contributed by atoms with E-state index < -0.39 is 11.6 Å². The van der Waals surface area contributed by atoms with E-state index in [-0.39, 0.29) is 39.8 Å². The zero-order valence-electron chi connectivity index (χ0n) is 21.7. The number of aldehydes is 1. The monoisotopic (exact) mass is 549 g/mol. The lowest BCUT2D eigenvalue weighted by molar-refractivity contribution is 0.112. The summed E-state index contributed by atoms with van der Waals surface area (Å²) >= 11 is 6.52. The molecule has 0 aliphatic carbocycles. The molecule has 0 fully saturated rings. The zero-order chi connectivity index (χ0) is 27.6. The zero-order valence-corrected chi connectivity index (χ0v) is 22.4. The lowest BCUT2D eigenvalue weighted by atomic mass is 9.91. The minimum absolute atomic E-state index is 0.0289. The van der Waals surface area contributed by atoms with Crippen molar-refractivity contribution in [1.82, 2.24) is 5.32 Å². The summed E-state index contributed by atoms with van der Waals surface area (Å²) in [4.78, 5) is 12.0. The summed E-state index contributed by atoms with van der Waals surface area (Å²) in [5.41, 5.74) is 1.68. The van der Waals surface area contributed by atoms with Gasteiger partial charge in [-0.15, -0.1) is 0 Å². The van der Waals surface area contributed by atoms with Crippen molar-refractivity contribution < 1.29 is 23.0 Å². The third-order valence-corrected chi connectivity index (χ3v) is 6.56. The molecule has 202 valence electrons. The molecular formula is C32H30ClF2NO3. The van der Waals surface area contributed by atoms with Crippen molar-refractivity contribution in [2.45, 2.75) is 32.7 Å². The quantitative estimate of drug-likeness (QED) is 0.134. The second kappa shape index (κ2) is 13.9. The Labute approximate surface area is 232 Å². The van der Waals surface area contributed by atoms with Crippen molar-refractivity contribution in [3.63, 3.8) is 0 Å². The molecule has 1 N–H and O–H groups in total. The van der Waals surface area contributed by atoms with Crippen LogP contribution in [-0.2, 0) is 13.0 Å². The van der Waals surface area contributed by atoms with E-state index in [0.29, 0.717) is 50.0 Å². The highest BCUT2D eigenvalue weighted by molar-refractivity contribution is 6.34. The number of carbonyl (C=O) groups excluding carboxylic acids is 1. The number of hydrogen-bond donors (Lipinski definition) is 1. The highest BCUT2D eigenvalue weighted by Crippen LogP contribution is 2.44. The van der Waals surface area contributed by atoms with E-state index in [0.717, 1.165) is 5.56 Å². The average molecular weight is 550 g/mol. The molecule has 4 aromatic carbocycles. The highest BCUT2D eigenvalue weighted by Gasteiger charge is 2.26. The molecule has 39 heavy (non-hydrogen) atoms. The molecule has 0 radical (unpaired) electrons. The topological polar surface area (TPSA) is 47.6 Å². The molecule has 0 atom stereocenters. The molecule has 4 nitrogen and oxygen atoms in total. The first kappa shape index (κ1) is 28.3. The van der Waals surface area contributed by atoms with Crippen LogP contribution in [0.25, 0.3) is 11.1 Å². The third kappa shape index (κ3) is 7.02. The summed E-state index contributed by atoms with van der Waals surface area (Å²) in [6.07, 6.45) is 2.21. The Kier molecular flexibility index (Phi) is 10.1. The molecule has 0 aromatic heterocycles. The van der Waals surface area contributed by atoms with E-state index in [4.69, 9.17) is 21.1 Å².